The topological polar surface area (TPSA) is 83.4 Å². The molecule has 2 rings (SSSR count). The van der Waals surface area contributed by atoms with Crippen LogP contribution in [0, 0.1) is 0 Å². The number of amides is 2. The van der Waals surface area contributed by atoms with E-state index in [2.05, 4.69) is 16.2 Å². The summed E-state index contributed by atoms with van der Waals surface area (Å²) in [5.74, 6) is -0.0951. The molecule has 0 aliphatic rings. The van der Waals surface area contributed by atoms with Gasteiger partial charge in [-0.15, -0.1) is 0 Å². The van der Waals surface area contributed by atoms with Gasteiger partial charge in [-0.2, -0.15) is 0 Å². The lowest BCUT2D eigenvalue weighted by Crippen LogP contribution is -2.48. The number of nitrogens with one attached hydrogen (secondary N) is 3. The number of hydrazine groups is 1. The van der Waals surface area contributed by atoms with Gasteiger partial charge in [0.05, 0.1) is 6.26 Å². The lowest BCUT2D eigenvalue weighted by atomic mass is 10.1. The van der Waals surface area contributed by atoms with Gasteiger partial charge in [0.25, 0.3) is 0 Å². The number of thiocarbonyl (C=S) groups is 1. The molecule has 0 spiro atoms. The fourth-order valence-corrected chi connectivity index (χ4v) is 1.97. The van der Waals surface area contributed by atoms with E-state index in [-0.39, 0.29) is 11.0 Å². The van der Waals surface area contributed by atoms with Gasteiger partial charge in [-0.3, -0.25) is 25.8 Å². The largest absolute Gasteiger partial charge is 0.465 e. The normalized spacial score (nSPS) is 10.3. The predicted molar refractivity (Wildman–Crippen MR) is 94.5 cm³/mol. The number of hydrogen-bond donors (Lipinski definition) is 3. The Morgan fingerprint density at radius 2 is 1.88 bits per heavy atom. The zero-order valence-corrected chi connectivity index (χ0v) is 13.6. The minimum atomic E-state index is -0.428. The fraction of sp³-hybridized carbons (Fsp3) is 0.118. The quantitative estimate of drug-likeness (QED) is 0.439. The molecule has 2 aromatic rings. The molecule has 6 nitrogen and oxygen atoms in total. The van der Waals surface area contributed by atoms with Crippen molar-refractivity contribution < 1.29 is 14.0 Å². The van der Waals surface area contributed by atoms with Gasteiger partial charge >= 0.3 is 0 Å². The van der Waals surface area contributed by atoms with E-state index in [1.807, 2.05) is 30.3 Å². The lowest BCUT2D eigenvalue weighted by Gasteiger charge is -2.09. The third kappa shape index (κ3) is 6.45. The zero-order chi connectivity index (χ0) is 17.2. The van der Waals surface area contributed by atoms with Crippen molar-refractivity contribution in [3.05, 3.63) is 66.1 Å². The molecule has 0 radical (unpaired) electrons. The first kappa shape index (κ1) is 17.4. The summed E-state index contributed by atoms with van der Waals surface area (Å²) in [5.41, 5.74) is 6.00. The van der Waals surface area contributed by atoms with E-state index in [0.29, 0.717) is 18.6 Å². The number of hydrogen-bond acceptors (Lipinski definition) is 4. The summed E-state index contributed by atoms with van der Waals surface area (Å²) in [4.78, 5) is 23.3. The summed E-state index contributed by atoms with van der Waals surface area (Å²) >= 11 is 4.93. The van der Waals surface area contributed by atoms with Crippen LogP contribution in [0.2, 0.25) is 0 Å². The second kappa shape index (κ2) is 9.26. The Labute approximate surface area is 144 Å². The number of carbonyl (C=O) groups excluding carboxylic acids is 2. The van der Waals surface area contributed by atoms with Crippen molar-refractivity contribution >= 4 is 35.2 Å². The second-order valence-electron chi connectivity index (χ2n) is 4.83. The second-order valence-corrected chi connectivity index (χ2v) is 5.23. The molecule has 7 heteroatoms. The average molecular weight is 343 g/mol. The molecule has 2 amide bonds. The summed E-state index contributed by atoms with van der Waals surface area (Å²) in [7, 11) is 0. The van der Waals surface area contributed by atoms with E-state index in [0.717, 1.165) is 5.56 Å². The van der Waals surface area contributed by atoms with Crippen LogP contribution in [-0.4, -0.2) is 16.9 Å². The predicted octanol–water partition coefficient (Wildman–Crippen LogP) is 1.95. The number of rotatable bonds is 5. The van der Waals surface area contributed by atoms with Crippen LogP contribution in [0.1, 0.15) is 17.7 Å². The van der Waals surface area contributed by atoms with Crippen LogP contribution in [0.15, 0.2) is 59.2 Å². The molecule has 1 aromatic carbocycles. The molecule has 3 N–H and O–H groups in total. The van der Waals surface area contributed by atoms with Gasteiger partial charge in [0.1, 0.15) is 5.76 Å². The highest BCUT2D eigenvalue weighted by molar-refractivity contribution is 7.80. The van der Waals surface area contributed by atoms with E-state index in [4.69, 9.17) is 16.6 Å². The molecule has 24 heavy (non-hydrogen) atoms. The van der Waals surface area contributed by atoms with Crippen LogP contribution >= 0.6 is 12.2 Å². The van der Waals surface area contributed by atoms with E-state index in [1.54, 1.807) is 12.1 Å². The molecule has 0 aliphatic heterocycles. The summed E-state index contributed by atoms with van der Waals surface area (Å²) in [6.07, 6.45) is 5.24. The third-order valence-corrected chi connectivity index (χ3v) is 3.18. The van der Waals surface area contributed by atoms with Crippen molar-refractivity contribution in [2.45, 2.75) is 12.8 Å². The van der Waals surface area contributed by atoms with E-state index >= 15 is 0 Å². The highest BCUT2D eigenvalue weighted by atomic mass is 32.1. The third-order valence-electron chi connectivity index (χ3n) is 2.98. The maximum Gasteiger partial charge on any atom is 0.250 e. The molecule has 0 saturated carbocycles. The van der Waals surface area contributed by atoms with Crippen molar-refractivity contribution in [3.8, 4) is 0 Å². The summed E-state index contributed by atoms with van der Waals surface area (Å²) in [5, 5.41) is 2.42. The Balaban J connectivity index is 1.65. The van der Waals surface area contributed by atoms with Crippen molar-refractivity contribution in [2.24, 2.45) is 0 Å². The Hall–Kier alpha value is -2.93. The maximum absolute atomic E-state index is 11.7. The molecular formula is C17H17N3O3S. The molecule has 0 bridgehead atoms. The van der Waals surface area contributed by atoms with Crippen LogP contribution < -0.4 is 16.2 Å². The number of benzene rings is 1. The number of aryl methyl sites for hydroxylation is 1. The maximum atomic E-state index is 11.7. The smallest absolute Gasteiger partial charge is 0.250 e. The lowest BCUT2D eigenvalue weighted by molar-refractivity contribution is -0.121. The van der Waals surface area contributed by atoms with Crippen molar-refractivity contribution in [3.63, 3.8) is 0 Å². The van der Waals surface area contributed by atoms with Crippen LogP contribution in [-0.2, 0) is 16.0 Å². The summed E-state index contributed by atoms with van der Waals surface area (Å²) < 4.78 is 5.06. The molecule has 0 atom stereocenters. The van der Waals surface area contributed by atoms with Crippen LogP contribution in [0.5, 0.6) is 0 Å². The minimum absolute atomic E-state index is 0.0113. The average Bonchev–Trinajstić information content (AvgIpc) is 3.11. The minimum Gasteiger partial charge on any atom is -0.465 e. The standard InChI is InChI=1S/C17H17N3O3S/c21-15(11-9-14-7-4-12-23-14)18-17(24)20-19-16(22)10-8-13-5-2-1-3-6-13/h1-7,9,11-12H,8,10H2,(H,19,22)(H2,18,20,21,24). The van der Waals surface area contributed by atoms with E-state index < -0.39 is 5.91 Å². The van der Waals surface area contributed by atoms with Crippen LogP contribution in [0.25, 0.3) is 6.08 Å². The molecule has 124 valence electrons. The first-order valence-electron chi connectivity index (χ1n) is 7.29. The van der Waals surface area contributed by atoms with Gasteiger partial charge in [0, 0.05) is 12.5 Å². The molecule has 0 fully saturated rings. The zero-order valence-electron chi connectivity index (χ0n) is 12.8. The highest BCUT2D eigenvalue weighted by Gasteiger charge is 2.04. The van der Waals surface area contributed by atoms with Crippen LogP contribution in [0.4, 0.5) is 0 Å². The molecular weight excluding hydrogens is 326 g/mol. The Morgan fingerprint density at radius 1 is 1.08 bits per heavy atom. The highest BCUT2D eigenvalue weighted by Crippen LogP contribution is 2.02. The molecule has 1 heterocycles. The Morgan fingerprint density at radius 3 is 2.58 bits per heavy atom. The molecule has 0 saturated heterocycles. The van der Waals surface area contributed by atoms with Gasteiger partial charge in [-0.25, -0.2) is 0 Å². The van der Waals surface area contributed by atoms with Gasteiger partial charge in [0.15, 0.2) is 5.11 Å². The summed E-state index contributed by atoms with van der Waals surface area (Å²) in [6.45, 7) is 0. The van der Waals surface area contributed by atoms with Crippen molar-refractivity contribution in [1.29, 1.82) is 0 Å². The van der Waals surface area contributed by atoms with Crippen molar-refractivity contribution in [1.82, 2.24) is 16.2 Å². The van der Waals surface area contributed by atoms with Gasteiger partial charge in [-0.1, -0.05) is 30.3 Å². The molecule has 0 aliphatic carbocycles. The van der Waals surface area contributed by atoms with Gasteiger partial charge < -0.3 is 4.42 Å². The summed E-state index contributed by atoms with van der Waals surface area (Å²) in [6, 6.07) is 13.1. The number of furan rings is 1. The molecule has 0 unspecified atom stereocenters. The van der Waals surface area contributed by atoms with Crippen molar-refractivity contribution in [2.75, 3.05) is 0 Å². The van der Waals surface area contributed by atoms with Crippen LogP contribution in [0.3, 0.4) is 0 Å². The monoisotopic (exact) mass is 343 g/mol. The van der Waals surface area contributed by atoms with Gasteiger partial charge in [-0.05, 0) is 42.4 Å². The first-order chi connectivity index (χ1) is 11.6. The van der Waals surface area contributed by atoms with Gasteiger partial charge in [0.2, 0.25) is 11.8 Å². The Bertz CT molecular complexity index is 712. The fourth-order valence-electron chi connectivity index (χ4n) is 1.82. The van der Waals surface area contributed by atoms with E-state index in [9.17, 15) is 9.59 Å². The Kier molecular flexibility index (Phi) is 6.73. The number of carbonyl (C=O) groups is 2. The van der Waals surface area contributed by atoms with E-state index in [1.165, 1.54) is 18.4 Å². The first-order valence-corrected chi connectivity index (χ1v) is 7.69. The molecule has 1 aromatic heterocycles. The SMILES string of the molecule is O=C(C=Cc1ccco1)NC(=S)NNC(=O)CCc1ccccc1.